The molecule has 19 heavy (non-hydrogen) atoms. The SMILES string of the molecule is [CH3-].[Cl][Ru+3].[NH-]C(c1ccccc1)[C@H]([NH-])c1ccccc1. The van der Waals surface area contributed by atoms with E-state index in [2.05, 4.69) is 9.69 Å². The normalized spacial score (nSPS) is 12.4. The van der Waals surface area contributed by atoms with Crippen LogP contribution in [0.1, 0.15) is 23.2 Å². The molecule has 2 aromatic carbocycles. The fourth-order valence-corrected chi connectivity index (χ4v) is 1.71. The Hall–Kier alpha value is -0.727. The van der Waals surface area contributed by atoms with Crippen molar-refractivity contribution in [3.8, 4) is 0 Å². The van der Waals surface area contributed by atoms with Crippen LogP contribution in [0, 0.1) is 7.43 Å². The van der Waals surface area contributed by atoms with Crippen molar-refractivity contribution in [2.45, 2.75) is 12.1 Å². The van der Waals surface area contributed by atoms with Gasteiger partial charge in [-0.1, -0.05) is 71.8 Å². The average Bonchev–Trinajstić information content (AvgIpc) is 2.49. The van der Waals surface area contributed by atoms with Crippen molar-refractivity contribution in [2.75, 3.05) is 0 Å². The number of nitrogens with one attached hydrogen (secondary N) is 2. The molecule has 0 aliphatic heterocycles. The van der Waals surface area contributed by atoms with Crippen LogP contribution in [0.4, 0.5) is 0 Å². The summed E-state index contributed by atoms with van der Waals surface area (Å²) in [5.41, 5.74) is 17.9. The molecule has 0 heterocycles. The van der Waals surface area contributed by atoms with Gasteiger partial charge < -0.3 is 18.9 Å². The van der Waals surface area contributed by atoms with Crippen LogP contribution in [-0.2, 0) is 17.3 Å². The summed E-state index contributed by atoms with van der Waals surface area (Å²) in [4.78, 5) is 0. The number of hydrogen-bond donors (Lipinski definition) is 0. The predicted molar refractivity (Wildman–Crippen MR) is 79.3 cm³/mol. The topological polar surface area (TPSA) is 47.6 Å². The molecule has 102 valence electrons. The van der Waals surface area contributed by atoms with Crippen LogP contribution in [0.5, 0.6) is 0 Å². The van der Waals surface area contributed by atoms with Crippen LogP contribution in [0.15, 0.2) is 60.7 Å². The van der Waals surface area contributed by atoms with Crippen molar-refractivity contribution in [2.24, 2.45) is 0 Å². The molecule has 2 rings (SSSR count). The van der Waals surface area contributed by atoms with E-state index in [4.69, 9.17) is 11.5 Å². The van der Waals surface area contributed by atoms with Crippen LogP contribution in [-0.4, -0.2) is 0 Å². The van der Waals surface area contributed by atoms with Crippen molar-refractivity contribution in [3.63, 3.8) is 0 Å². The van der Waals surface area contributed by atoms with E-state index in [1.165, 1.54) is 0 Å². The molecular formula is C15H17ClN2Ru. The van der Waals surface area contributed by atoms with Crippen molar-refractivity contribution < 1.29 is 17.3 Å². The van der Waals surface area contributed by atoms with E-state index in [1.807, 2.05) is 78.0 Å². The van der Waals surface area contributed by atoms with Gasteiger partial charge in [0, 0.05) is 0 Å². The minimum atomic E-state index is -0.524. The second-order valence-electron chi connectivity index (χ2n) is 3.78. The van der Waals surface area contributed by atoms with E-state index < -0.39 is 12.1 Å². The Balaban J connectivity index is 0.00000103. The molecular weight excluding hydrogens is 345 g/mol. The number of benzene rings is 2. The molecule has 0 fully saturated rings. The minimum Gasteiger partial charge on any atom is -0.672 e. The van der Waals surface area contributed by atoms with Gasteiger partial charge in [-0.15, -0.1) is 12.1 Å². The first-order chi connectivity index (χ1) is 8.79. The van der Waals surface area contributed by atoms with Crippen molar-refractivity contribution in [1.29, 1.82) is 0 Å². The average molecular weight is 362 g/mol. The first-order valence-electron chi connectivity index (χ1n) is 5.44. The number of rotatable bonds is 3. The molecule has 2 nitrogen and oxygen atoms in total. The Morgan fingerprint density at radius 1 is 0.684 bits per heavy atom. The summed E-state index contributed by atoms with van der Waals surface area (Å²) in [5, 5.41) is 0. The number of hydrogen-bond acceptors (Lipinski definition) is 0. The van der Waals surface area contributed by atoms with E-state index in [9.17, 15) is 0 Å². The first-order valence-corrected chi connectivity index (χ1v) is 7.68. The van der Waals surface area contributed by atoms with Crippen LogP contribution >= 0.6 is 9.69 Å². The van der Waals surface area contributed by atoms with Gasteiger partial charge in [0.15, 0.2) is 0 Å². The molecule has 0 bridgehead atoms. The molecule has 4 heteroatoms. The Bertz CT molecular complexity index is 393. The van der Waals surface area contributed by atoms with Crippen molar-refractivity contribution >= 4 is 9.69 Å². The predicted octanol–water partition coefficient (Wildman–Crippen LogP) is 5.71. The van der Waals surface area contributed by atoms with Gasteiger partial charge in [0.2, 0.25) is 0 Å². The summed E-state index contributed by atoms with van der Waals surface area (Å²) in [7, 11) is 4.57. The maximum Gasteiger partial charge on any atom is -0.0606 e. The maximum absolute atomic E-state index is 8.07. The summed E-state index contributed by atoms with van der Waals surface area (Å²) in [5.74, 6) is 0. The van der Waals surface area contributed by atoms with Gasteiger partial charge in [-0.2, -0.15) is 0 Å². The molecule has 2 aromatic rings. The smallest absolute Gasteiger partial charge is 0.0606 e. The quantitative estimate of drug-likeness (QED) is 0.496. The summed E-state index contributed by atoms with van der Waals surface area (Å²) >= 11 is 1.82. The molecule has 0 aliphatic rings. The Labute approximate surface area is 129 Å². The monoisotopic (exact) mass is 362 g/mol. The molecule has 0 spiro atoms. The van der Waals surface area contributed by atoms with Crippen LogP contribution in [0.2, 0.25) is 0 Å². The molecule has 1 unspecified atom stereocenters. The summed E-state index contributed by atoms with van der Waals surface area (Å²) < 4.78 is 0. The summed E-state index contributed by atoms with van der Waals surface area (Å²) in [6, 6.07) is 18.1. The number of halogens is 1. The summed E-state index contributed by atoms with van der Waals surface area (Å²) in [6.07, 6.45) is 0. The van der Waals surface area contributed by atoms with Gasteiger partial charge in [-0.3, -0.25) is 0 Å². The molecule has 2 N–H and O–H groups in total. The van der Waals surface area contributed by atoms with E-state index in [1.54, 1.807) is 0 Å². The van der Waals surface area contributed by atoms with Gasteiger partial charge in [-0.05, 0) is 0 Å². The zero-order valence-electron chi connectivity index (χ0n) is 10.7. The van der Waals surface area contributed by atoms with Gasteiger partial charge >= 0.3 is 27.0 Å². The molecule has 0 saturated carbocycles. The van der Waals surface area contributed by atoms with Gasteiger partial charge in [-0.25, -0.2) is 0 Å². The third kappa shape index (κ3) is 5.42. The fraction of sp³-hybridized carbons (Fsp3) is 0.133. The standard InChI is InChI=1S/C14H14N2.CH3.ClH.Ru/c15-13(11-7-3-1-4-8-11)14(16)12-9-5-2-6-10-12;;;/h1-10,13-16H;1H3;1H;/q-2;-1;;+4/p-1/t13-,14?;;;/m1.../s1. The zero-order valence-corrected chi connectivity index (χ0v) is 13.2. The largest absolute Gasteiger partial charge is 0.672 e. The zero-order chi connectivity index (χ0) is 13.4. The van der Waals surface area contributed by atoms with Crippen LogP contribution in [0.25, 0.3) is 11.5 Å². The van der Waals surface area contributed by atoms with Crippen LogP contribution < -0.4 is 0 Å². The van der Waals surface area contributed by atoms with E-state index in [-0.39, 0.29) is 7.43 Å². The second-order valence-corrected chi connectivity index (χ2v) is 3.78. The molecule has 2 atom stereocenters. The fourth-order valence-electron chi connectivity index (χ4n) is 1.71. The Morgan fingerprint density at radius 2 is 0.947 bits per heavy atom. The van der Waals surface area contributed by atoms with Crippen molar-refractivity contribution in [3.05, 3.63) is 90.7 Å². The molecule has 0 aliphatic carbocycles. The minimum absolute atomic E-state index is 0. The molecule has 0 aromatic heterocycles. The van der Waals surface area contributed by atoms with Crippen molar-refractivity contribution in [1.82, 2.24) is 0 Å². The first kappa shape index (κ1) is 18.3. The van der Waals surface area contributed by atoms with E-state index >= 15 is 0 Å². The third-order valence-electron chi connectivity index (χ3n) is 2.65. The molecule has 0 saturated heterocycles. The third-order valence-corrected chi connectivity index (χ3v) is 2.65. The Morgan fingerprint density at radius 3 is 1.21 bits per heavy atom. The van der Waals surface area contributed by atoms with Gasteiger partial charge in [0.1, 0.15) is 0 Å². The maximum atomic E-state index is 8.07. The van der Waals surface area contributed by atoms with Gasteiger partial charge in [0.05, 0.1) is 0 Å². The Kier molecular flexibility index (Phi) is 9.72. The van der Waals surface area contributed by atoms with E-state index in [0.717, 1.165) is 11.1 Å². The van der Waals surface area contributed by atoms with E-state index in [0.29, 0.717) is 0 Å². The second kappa shape index (κ2) is 10.1. The van der Waals surface area contributed by atoms with Crippen LogP contribution in [0.3, 0.4) is 0 Å². The molecule has 0 amide bonds. The molecule has 0 radical (unpaired) electrons. The summed E-state index contributed by atoms with van der Waals surface area (Å²) in [6.45, 7) is 0. The van der Waals surface area contributed by atoms with Gasteiger partial charge in [0.25, 0.3) is 0 Å².